The zero-order valence-electron chi connectivity index (χ0n) is 29.8. The molecule has 0 amide bonds. The van der Waals surface area contributed by atoms with E-state index in [4.69, 9.17) is 4.43 Å². The molecule has 0 aromatic rings. The van der Waals surface area contributed by atoms with Crippen molar-refractivity contribution < 1.29 is 23.9 Å². The number of nitrogens with zero attached hydrogens (tertiary/aromatic N) is 1. The monoisotopic (exact) mass is 635 g/mol. The summed E-state index contributed by atoms with van der Waals surface area (Å²) in [5.74, 6) is -1.43. The minimum Gasteiger partial charge on any atom is -0.481 e. The predicted octanol–water partition coefficient (Wildman–Crippen LogP) is 8.68. The van der Waals surface area contributed by atoms with Gasteiger partial charge in [0.15, 0.2) is 19.9 Å². The van der Waals surface area contributed by atoms with Crippen LogP contribution in [0.5, 0.6) is 0 Å². The van der Waals surface area contributed by atoms with Crippen LogP contribution in [0.25, 0.3) is 0 Å². The van der Waals surface area contributed by atoms with Gasteiger partial charge < -0.3 is 9.53 Å². The van der Waals surface area contributed by atoms with Gasteiger partial charge in [0, 0.05) is 23.4 Å². The van der Waals surface area contributed by atoms with Crippen LogP contribution in [0.15, 0.2) is 23.3 Å². The Morgan fingerprint density at radius 3 is 2.24 bits per heavy atom. The van der Waals surface area contributed by atoms with Gasteiger partial charge >= 0.3 is 5.97 Å². The van der Waals surface area contributed by atoms with E-state index in [9.17, 15) is 24.8 Å². The van der Waals surface area contributed by atoms with E-state index in [0.29, 0.717) is 32.3 Å². The summed E-state index contributed by atoms with van der Waals surface area (Å²) in [5.41, 5.74) is -1.85. The molecule has 5 aliphatic rings. The van der Waals surface area contributed by atoms with Gasteiger partial charge in [-0.05, 0) is 104 Å². The first-order valence-corrected chi connectivity index (χ1v) is 20.2. The molecule has 8 atom stereocenters. The van der Waals surface area contributed by atoms with Gasteiger partial charge in [0.05, 0.1) is 11.0 Å². The molecular weight excluding hydrogens is 579 g/mol. The molecular formula is C38H57NO5Si. The molecule has 5 aliphatic carbocycles. The molecule has 7 heteroatoms. The van der Waals surface area contributed by atoms with Gasteiger partial charge in [-0.2, -0.15) is 5.26 Å². The van der Waals surface area contributed by atoms with Crippen molar-refractivity contribution in [2.45, 2.75) is 132 Å². The Bertz CT molecular complexity index is 1430. The highest BCUT2D eigenvalue weighted by Crippen LogP contribution is 2.74. The van der Waals surface area contributed by atoms with Crippen molar-refractivity contribution in [2.24, 2.45) is 50.2 Å². The third kappa shape index (κ3) is 4.66. The van der Waals surface area contributed by atoms with Crippen LogP contribution in [-0.4, -0.2) is 37.6 Å². The maximum Gasteiger partial charge on any atom is 0.309 e. The van der Waals surface area contributed by atoms with E-state index in [1.807, 2.05) is 19.1 Å². The number of hydrogen-bond donors (Lipinski definition) is 1. The summed E-state index contributed by atoms with van der Waals surface area (Å²) in [6.07, 6.45) is 9.43. The molecule has 3 fully saturated rings. The van der Waals surface area contributed by atoms with Crippen LogP contribution in [0.3, 0.4) is 0 Å². The third-order valence-corrected chi connectivity index (χ3v) is 19.5. The Hall–Kier alpha value is -2.04. The Balaban J connectivity index is 1.59. The van der Waals surface area contributed by atoms with E-state index >= 15 is 0 Å². The number of carbonyl (C=O) groups excluding carboxylic acids is 2. The van der Waals surface area contributed by atoms with E-state index in [2.05, 4.69) is 74.6 Å². The summed E-state index contributed by atoms with van der Waals surface area (Å²) < 4.78 is 6.59. The van der Waals surface area contributed by atoms with Crippen molar-refractivity contribution in [3.63, 3.8) is 0 Å². The number of nitriles is 1. The van der Waals surface area contributed by atoms with Crippen molar-refractivity contribution >= 4 is 25.9 Å². The number of aliphatic carboxylic acids is 1. The van der Waals surface area contributed by atoms with Crippen LogP contribution in [0, 0.1) is 61.6 Å². The number of allylic oxidation sites excluding steroid dienone is 4. The van der Waals surface area contributed by atoms with Crippen molar-refractivity contribution in [1.82, 2.24) is 0 Å². The number of carbonyl (C=O) groups is 3. The van der Waals surface area contributed by atoms with E-state index in [1.54, 1.807) is 0 Å². The predicted molar refractivity (Wildman–Crippen MR) is 179 cm³/mol. The number of rotatable bonds is 5. The van der Waals surface area contributed by atoms with Gasteiger partial charge in [0.2, 0.25) is 0 Å². The van der Waals surface area contributed by atoms with Crippen LogP contribution < -0.4 is 0 Å². The quantitative estimate of drug-likeness (QED) is 0.303. The largest absolute Gasteiger partial charge is 0.481 e. The zero-order valence-corrected chi connectivity index (χ0v) is 30.8. The average molecular weight is 636 g/mol. The SMILES string of the molecule is CC1(C)CC[C@]2(C(=O)O)CC[C@]3(C)[C@H](C(=O)C=C4[C@@]5(C)C=C(C#N)C(=O)[C@@](C)(CCO[Si](C)(C)C(C)(C)C)[C@@H]5CC[C@]43C)[C@@H]2C1. The van der Waals surface area contributed by atoms with Crippen molar-refractivity contribution in [1.29, 1.82) is 5.26 Å². The lowest BCUT2D eigenvalue weighted by molar-refractivity contribution is -0.188. The highest BCUT2D eigenvalue weighted by molar-refractivity contribution is 6.74. The molecule has 6 nitrogen and oxygen atoms in total. The minimum absolute atomic E-state index is 0.0147. The second-order valence-corrected chi connectivity index (χ2v) is 23.6. The molecule has 0 radical (unpaired) electrons. The molecule has 0 bridgehead atoms. The fourth-order valence-corrected chi connectivity index (χ4v) is 11.9. The van der Waals surface area contributed by atoms with Crippen molar-refractivity contribution in [3.05, 3.63) is 23.3 Å². The van der Waals surface area contributed by atoms with Gasteiger partial charge in [0.1, 0.15) is 6.07 Å². The maximum absolute atomic E-state index is 14.6. The minimum atomic E-state index is -2.04. The molecule has 1 N–H and O–H groups in total. The summed E-state index contributed by atoms with van der Waals surface area (Å²) in [7, 11) is -2.04. The second kappa shape index (κ2) is 10.2. The van der Waals surface area contributed by atoms with Crippen molar-refractivity contribution in [3.8, 4) is 6.07 Å². The first-order chi connectivity index (χ1) is 20.5. The summed E-state index contributed by atoms with van der Waals surface area (Å²) in [5, 5.41) is 21.0. The lowest BCUT2D eigenvalue weighted by Crippen LogP contribution is -2.66. The number of Topliss-reactive ketones (excluding diaryl/α,β-unsaturated/α-hetero) is 1. The van der Waals surface area contributed by atoms with Gasteiger partial charge in [-0.25, -0.2) is 0 Å². The molecule has 0 spiro atoms. The third-order valence-electron chi connectivity index (χ3n) is 15.0. The van der Waals surface area contributed by atoms with E-state index < -0.39 is 35.9 Å². The fraction of sp³-hybridized carbons (Fsp3) is 0.789. The van der Waals surface area contributed by atoms with Gasteiger partial charge in [-0.3, -0.25) is 14.4 Å². The Kier molecular flexibility index (Phi) is 7.79. The summed E-state index contributed by atoms with van der Waals surface area (Å²) in [6, 6.07) is 2.25. The Labute approximate surface area is 272 Å². The van der Waals surface area contributed by atoms with E-state index in [0.717, 1.165) is 31.3 Å². The molecule has 0 aromatic heterocycles. The van der Waals surface area contributed by atoms with Gasteiger partial charge in [0.25, 0.3) is 0 Å². The number of hydrogen-bond acceptors (Lipinski definition) is 5. The van der Waals surface area contributed by atoms with E-state index in [1.165, 1.54) is 0 Å². The molecule has 3 saturated carbocycles. The van der Waals surface area contributed by atoms with Gasteiger partial charge in [-0.1, -0.05) is 74.0 Å². The fourth-order valence-electron chi connectivity index (χ4n) is 10.9. The van der Waals surface area contributed by atoms with Crippen LogP contribution in [0.2, 0.25) is 18.1 Å². The van der Waals surface area contributed by atoms with Crippen molar-refractivity contribution in [2.75, 3.05) is 6.61 Å². The second-order valence-electron chi connectivity index (χ2n) is 18.8. The van der Waals surface area contributed by atoms with Crippen LogP contribution in [0.4, 0.5) is 0 Å². The van der Waals surface area contributed by atoms with Crippen LogP contribution in [0.1, 0.15) is 114 Å². The Morgan fingerprint density at radius 1 is 1.04 bits per heavy atom. The molecule has 45 heavy (non-hydrogen) atoms. The number of ketones is 2. The normalized spacial score (nSPS) is 42.7. The van der Waals surface area contributed by atoms with Crippen LogP contribution >= 0.6 is 0 Å². The first kappa shape index (κ1) is 34.3. The number of fused-ring (bicyclic) bond motifs is 7. The highest BCUT2D eigenvalue weighted by atomic mass is 28.4. The summed E-state index contributed by atoms with van der Waals surface area (Å²) >= 11 is 0. The zero-order chi connectivity index (χ0) is 33.8. The summed E-state index contributed by atoms with van der Waals surface area (Å²) in [6.45, 7) is 24.7. The smallest absolute Gasteiger partial charge is 0.309 e. The molecule has 5 rings (SSSR count). The van der Waals surface area contributed by atoms with Gasteiger partial charge in [-0.15, -0.1) is 0 Å². The molecule has 0 aliphatic heterocycles. The standard InChI is InChI=1S/C38H57NO5Si/c1-32(2,3)45(10,11)44-19-18-34(6)27-12-13-36(8)28(35(27,7)21-24(23-39)30(34)41)20-26(40)29-25-22-33(4,5)14-16-38(25,31(42)43)17-15-37(29,36)9/h20-21,25,27,29H,12-19,22H2,1-11H3,(H,42,43)/t25-,27-,29-,34-,35-,36+,37+,38-/m0/s1. The molecule has 0 heterocycles. The molecule has 0 unspecified atom stereocenters. The molecule has 0 saturated heterocycles. The topological polar surface area (TPSA) is 104 Å². The average Bonchev–Trinajstić information content (AvgIpc) is 2.91. The number of carboxylic acid groups (broad SMARTS) is 1. The highest BCUT2D eigenvalue weighted by Gasteiger charge is 2.71. The number of carboxylic acids is 1. The first-order valence-electron chi connectivity index (χ1n) is 17.3. The lowest BCUT2D eigenvalue weighted by Gasteiger charge is -2.68. The Morgan fingerprint density at radius 2 is 1.67 bits per heavy atom. The van der Waals surface area contributed by atoms with Crippen LogP contribution in [-0.2, 0) is 18.8 Å². The lowest BCUT2D eigenvalue weighted by atomic mass is 9.34. The van der Waals surface area contributed by atoms with E-state index in [-0.39, 0.29) is 50.8 Å². The summed E-state index contributed by atoms with van der Waals surface area (Å²) in [4.78, 5) is 41.6. The maximum atomic E-state index is 14.6. The molecule has 248 valence electrons. The molecule has 0 aromatic carbocycles.